The van der Waals surface area contributed by atoms with Crippen molar-refractivity contribution < 1.29 is 4.74 Å². The lowest BCUT2D eigenvalue weighted by Gasteiger charge is -2.09. The minimum atomic E-state index is 0.138. The van der Waals surface area contributed by atoms with E-state index in [0.717, 1.165) is 28.9 Å². The Balaban J connectivity index is 2.18. The number of nitrogens with one attached hydrogen (secondary N) is 2. The molecule has 21 heavy (non-hydrogen) atoms. The van der Waals surface area contributed by atoms with Crippen LogP contribution in [0.15, 0.2) is 22.7 Å². The molecule has 8 heteroatoms. The molecule has 0 fully saturated rings. The first kappa shape index (κ1) is 15.8. The Morgan fingerprint density at radius 1 is 1.24 bits per heavy atom. The fraction of sp³-hybridized carbons (Fsp3) is 0.308. The van der Waals surface area contributed by atoms with Gasteiger partial charge in [0.1, 0.15) is 5.75 Å². The van der Waals surface area contributed by atoms with Gasteiger partial charge in [-0.25, -0.2) is 0 Å². The van der Waals surface area contributed by atoms with Crippen molar-refractivity contribution in [2.45, 2.75) is 13.3 Å². The molecule has 0 aliphatic heterocycles. The summed E-state index contributed by atoms with van der Waals surface area (Å²) in [6.07, 6.45) is 0.970. The molecule has 0 unspecified atom stereocenters. The SMILES string of the molecule is CCCNc1nc(Cl)nc(Nc2ccc(OC)c(Br)c2)n1. The second-order valence-corrected chi connectivity index (χ2v) is 5.35. The van der Waals surface area contributed by atoms with Crippen molar-refractivity contribution in [3.8, 4) is 5.75 Å². The van der Waals surface area contributed by atoms with Crippen molar-refractivity contribution in [1.29, 1.82) is 0 Å². The normalized spacial score (nSPS) is 10.3. The number of halogens is 2. The van der Waals surface area contributed by atoms with Gasteiger partial charge in [0.05, 0.1) is 11.6 Å². The minimum Gasteiger partial charge on any atom is -0.496 e. The Kier molecular flexibility index (Phi) is 5.58. The van der Waals surface area contributed by atoms with Crippen LogP contribution < -0.4 is 15.4 Å². The molecule has 1 aromatic carbocycles. The van der Waals surface area contributed by atoms with Crippen LogP contribution in [0.2, 0.25) is 5.28 Å². The lowest BCUT2D eigenvalue weighted by atomic mass is 10.3. The molecule has 0 amide bonds. The number of rotatable bonds is 6. The summed E-state index contributed by atoms with van der Waals surface area (Å²) in [7, 11) is 1.62. The van der Waals surface area contributed by atoms with Crippen molar-refractivity contribution in [2.24, 2.45) is 0 Å². The lowest BCUT2D eigenvalue weighted by Crippen LogP contribution is -2.07. The number of methoxy groups -OCH3 is 1. The fourth-order valence-electron chi connectivity index (χ4n) is 1.60. The van der Waals surface area contributed by atoms with E-state index in [9.17, 15) is 0 Å². The van der Waals surface area contributed by atoms with Gasteiger partial charge in [-0.05, 0) is 52.2 Å². The molecule has 2 N–H and O–H groups in total. The van der Waals surface area contributed by atoms with E-state index in [2.05, 4.69) is 48.4 Å². The van der Waals surface area contributed by atoms with Gasteiger partial charge in [0.25, 0.3) is 0 Å². The van der Waals surface area contributed by atoms with Crippen LogP contribution in [-0.2, 0) is 0 Å². The van der Waals surface area contributed by atoms with E-state index in [1.165, 1.54) is 0 Å². The second-order valence-electron chi connectivity index (χ2n) is 4.15. The Hall–Kier alpha value is -1.60. The summed E-state index contributed by atoms with van der Waals surface area (Å²) < 4.78 is 6.02. The van der Waals surface area contributed by atoms with Crippen molar-refractivity contribution in [3.63, 3.8) is 0 Å². The molecule has 0 radical (unpaired) electrons. The van der Waals surface area contributed by atoms with Crippen LogP contribution in [0.3, 0.4) is 0 Å². The van der Waals surface area contributed by atoms with E-state index in [-0.39, 0.29) is 5.28 Å². The Morgan fingerprint density at radius 2 is 2.00 bits per heavy atom. The third-order valence-corrected chi connectivity index (χ3v) is 3.34. The highest BCUT2D eigenvalue weighted by molar-refractivity contribution is 9.10. The average Bonchev–Trinajstić information content (AvgIpc) is 2.45. The standard InChI is InChI=1S/C13H15BrClN5O/c1-3-6-16-12-18-11(15)19-13(20-12)17-8-4-5-10(21-2)9(14)7-8/h4-5,7H,3,6H2,1-2H3,(H2,16,17,18,19,20). The quantitative estimate of drug-likeness (QED) is 0.802. The zero-order valence-electron chi connectivity index (χ0n) is 11.7. The predicted molar refractivity (Wildman–Crippen MR) is 87.6 cm³/mol. The first-order chi connectivity index (χ1) is 10.1. The number of anilines is 3. The van der Waals surface area contributed by atoms with E-state index < -0.39 is 0 Å². The number of benzene rings is 1. The predicted octanol–water partition coefficient (Wildman–Crippen LogP) is 3.86. The van der Waals surface area contributed by atoms with Gasteiger partial charge in [0.15, 0.2) is 0 Å². The summed E-state index contributed by atoms with van der Waals surface area (Å²) >= 11 is 9.33. The van der Waals surface area contributed by atoms with Gasteiger partial charge < -0.3 is 15.4 Å². The van der Waals surface area contributed by atoms with Gasteiger partial charge in [0, 0.05) is 12.2 Å². The molecule has 0 saturated heterocycles. The first-order valence-corrected chi connectivity index (χ1v) is 7.55. The molecule has 6 nitrogen and oxygen atoms in total. The second kappa shape index (κ2) is 7.42. The van der Waals surface area contributed by atoms with Crippen LogP contribution >= 0.6 is 27.5 Å². The van der Waals surface area contributed by atoms with Crippen LogP contribution in [0.4, 0.5) is 17.6 Å². The van der Waals surface area contributed by atoms with Gasteiger partial charge in [-0.15, -0.1) is 0 Å². The van der Waals surface area contributed by atoms with E-state index in [1.807, 2.05) is 18.2 Å². The molecule has 0 spiro atoms. The van der Waals surface area contributed by atoms with Gasteiger partial charge in [-0.2, -0.15) is 15.0 Å². The molecule has 1 aromatic heterocycles. The molecule has 0 aliphatic carbocycles. The Bertz CT molecular complexity index is 626. The van der Waals surface area contributed by atoms with Gasteiger partial charge >= 0.3 is 0 Å². The van der Waals surface area contributed by atoms with E-state index in [1.54, 1.807) is 7.11 Å². The summed E-state index contributed by atoms with van der Waals surface area (Å²) in [5.74, 6) is 1.58. The third-order valence-electron chi connectivity index (χ3n) is 2.55. The van der Waals surface area contributed by atoms with Crippen molar-refractivity contribution >= 4 is 45.1 Å². The molecule has 112 valence electrons. The van der Waals surface area contributed by atoms with Crippen LogP contribution in [0.5, 0.6) is 5.75 Å². The van der Waals surface area contributed by atoms with Gasteiger partial charge in [-0.3, -0.25) is 0 Å². The molecule has 0 aliphatic rings. The third kappa shape index (κ3) is 4.44. The molecule has 0 bridgehead atoms. The highest BCUT2D eigenvalue weighted by Crippen LogP contribution is 2.28. The number of ether oxygens (including phenoxy) is 1. The highest BCUT2D eigenvalue weighted by atomic mass is 79.9. The smallest absolute Gasteiger partial charge is 0.233 e. The fourth-order valence-corrected chi connectivity index (χ4v) is 2.30. The van der Waals surface area contributed by atoms with Crippen LogP contribution in [0.25, 0.3) is 0 Å². The molecule has 0 atom stereocenters. The molecular formula is C13H15BrClN5O. The highest BCUT2D eigenvalue weighted by Gasteiger charge is 2.07. The number of hydrogen-bond donors (Lipinski definition) is 2. The largest absolute Gasteiger partial charge is 0.496 e. The summed E-state index contributed by atoms with van der Waals surface area (Å²) in [4.78, 5) is 12.3. The molecular weight excluding hydrogens is 358 g/mol. The van der Waals surface area contributed by atoms with E-state index >= 15 is 0 Å². The van der Waals surface area contributed by atoms with Gasteiger partial charge in [0.2, 0.25) is 17.2 Å². The maximum atomic E-state index is 5.90. The Labute approximate surface area is 136 Å². The van der Waals surface area contributed by atoms with Gasteiger partial charge in [-0.1, -0.05) is 6.92 Å². The summed E-state index contributed by atoms with van der Waals surface area (Å²) in [6, 6.07) is 5.57. The summed E-state index contributed by atoms with van der Waals surface area (Å²) in [6.45, 7) is 2.83. The summed E-state index contributed by atoms with van der Waals surface area (Å²) in [5, 5.41) is 6.29. The van der Waals surface area contributed by atoms with Crippen LogP contribution in [0, 0.1) is 0 Å². The first-order valence-electron chi connectivity index (χ1n) is 6.38. The monoisotopic (exact) mass is 371 g/mol. The molecule has 0 saturated carbocycles. The Morgan fingerprint density at radius 3 is 2.67 bits per heavy atom. The number of aromatic nitrogens is 3. The zero-order chi connectivity index (χ0) is 15.2. The van der Waals surface area contributed by atoms with Crippen LogP contribution in [-0.4, -0.2) is 28.6 Å². The van der Waals surface area contributed by atoms with E-state index in [4.69, 9.17) is 16.3 Å². The zero-order valence-corrected chi connectivity index (χ0v) is 14.0. The lowest BCUT2D eigenvalue weighted by molar-refractivity contribution is 0.412. The van der Waals surface area contributed by atoms with Crippen molar-refractivity contribution in [1.82, 2.24) is 15.0 Å². The maximum absolute atomic E-state index is 5.90. The van der Waals surface area contributed by atoms with Crippen LogP contribution in [0.1, 0.15) is 13.3 Å². The summed E-state index contributed by atoms with van der Waals surface area (Å²) in [5.41, 5.74) is 0.811. The number of hydrogen-bond acceptors (Lipinski definition) is 6. The van der Waals surface area contributed by atoms with Crippen molar-refractivity contribution in [3.05, 3.63) is 28.0 Å². The average molecular weight is 373 g/mol. The molecule has 1 heterocycles. The molecule has 2 aromatic rings. The molecule has 2 rings (SSSR count). The number of nitrogens with zero attached hydrogens (tertiary/aromatic N) is 3. The topological polar surface area (TPSA) is 72.0 Å². The van der Waals surface area contributed by atoms with E-state index in [0.29, 0.717) is 11.9 Å². The van der Waals surface area contributed by atoms with Crippen molar-refractivity contribution in [2.75, 3.05) is 24.3 Å². The minimum absolute atomic E-state index is 0.138. The maximum Gasteiger partial charge on any atom is 0.233 e.